The number of aromatic nitrogens is 4. The van der Waals surface area contributed by atoms with E-state index in [2.05, 4.69) is 15.1 Å². The number of fused-ring (bicyclic) bond motifs is 1. The van der Waals surface area contributed by atoms with Gasteiger partial charge in [0.1, 0.15) is 5.39 Å². The molecular weight excluding hydrogens is 355 g/mol. The fourth-order valence-corrected chi connectivity index (χ4v) is 3.11. The number of H-pyrrole nitrogens is 1. The summed E-state index contributed by atoms with van der Waals surface area (Å²) >= 11 is 0. The predicted octanol–water partition coefficient (Wildman–Crippen LogP) is 1.57. The van der Waals surface area contributed by atoms with Crippen molar-refractivity contribution in [3.05, 3.63) is 16.6 Å². The smallest absolute Gasteiger partial charge is 0.394 e. The molecule has 0 spiro atoms. The summed E-state index contributed by atoms with van der Waals surface area (Å²) in [5, 5.41) is 13.5. The zero-order valence-electron chi connectivity index (χ0n) is 14.3. The van der Waals surface area contributed by atoms with E-state index in [4.69, 9.17) is 5.11 Å². The molecule has 1 aliphatic heterocycles. The van der Waals surface area contributed by atoms with Gasteiger partial charge in [-0.15, -0.1) is 0 Å². The Morgan fingerprint density at radius 3 is 2.46 bits per heavy atom. The van der Waals surface area contributed by atoms with Crippen LogP contribution in [0, 0.1) is 11.8 Å². The Balaban J connectivity index is 2.06. The third-order valence-electron chi connectivity index (χ3n) is 4.42. The van der Waals surface area contributed by atoms with Crippen molar-refractivity contribution in [2.75, 3.05) is 18.0 Å². The van der Waals surface area contributed by atoms with Crippen LogP contribution in [0.25, 0.3) is 11.0 Å². The molecule has 142 valence electrons. The monoisotopic (exact) mass is 373 g/mol. The number of nitrogens with one attached hydrogen (secondary N) is 1. The summed E-state index contributed by atoms with van der Waals surface area (Å²) in [5.74, 6) is -5.28. The molecule has 1 aliphatic rings. The minimum Gasteiger partial charge on any atom is -0.481 e. The van der Waals surface area contributed by atoms with Gasteiger partial charge < -0.3 is 10.0 Å². The summed E-state index contributed by atoms with van der Waals surface area (Å²) in [4.78, 5) is 31.4. The highest BCUT2D eigenvalue weighted by Crippen LogP contribution is 2.38. The third kappa shape index (κ3) is 3.01. The molecule has 0 radical (unpaired) electrons. The Morgan fingerprint density at radius 2 is 1.96 bits per heavy atom. The molecule has 0 aliphatic carbocycles. The first-order valence-corrected chi connectivity index (χ1v) is 7.92. The van der Waals surface area contributed by atoms with E-state index < -0.39 is 48.2 Å². The van der Waals surface area contributed by atoms with Gasteiger partial charge in [0.25, 0.3) is 5.56 Å². The molecule has 2 atom stereocenters. The summed E-state index contributed by atoms with van der Waals surface area (Å²) in [6.07, 6.45) is -3.31. The normalized spacial score (nSPS) is 21.5. The van der Waals surface area contributed by atoms with Gasteiger partial charge >= 0.3 is 12.1 Å². The molecule has 2 aromatic rings. The lowest BCUT2D eigenvalue weighted by Crippen LogP contribution is -2.33. The standard InChI is InChI=1S/C15H18F3N5O3/c1-14(2,3)23-10-7(4-19-23)11(24)21-13(20-10)22-5-8(12(25)26)9(6-22)15(16,17)18/h4,8-9H,5-6H2,1-3H3,(H,25,26)(H,20,21,24)/t8-,9-/m1/s1. The number of carboxylic acids is 1. The average molecular weight is 373 g/mol. The average Bonchev–Trinajstić information content (AvgIpc) is 3.10. The van der Waals surface area contributed by atoms with Gasteiger partial charge in [-0.25, -0.2) is 4.68 Å². The van der Waals surface area contributed by atoms with Crippen molar-refractivity contribution in [2.24, 2.45) is 11.8 Å². The molecule has 11 heteroatoms. The molecule has 0 amide bonds. The van der Waals surface area contributed by atoms with E-state index in [9.17, 15) is 22.8 Å². The summed E-state index contributed by atoms with van der Waals surface area (Å²) in [6, 6.07) is 0. The Labute approximate surface area is 145 Å². The van der Waals surface area contributed by atoms with E-state index >= 15 is 0 Å². The van der Waals surface area contributed by atoms with Crippen molar-refractivity contribution in [2.45, 2.75) is 32.5 Å². The number of hydrogen-bond acceptors (Lipinski definition) is 5. The van der Waals surface area contributed by atoms with Crippen molar-refractivity contribution in [3.8, 4) is 0 Å². The molecule has 0 aromatic carbocycles. The first-order valence-electron chi connectivity index (χ1n) is 7.92. The second-order valence-corrected chi connectivity index (χ2v) is 7.35. The lowest BCUT2D eigenvalue weighted by Gasteiger charge is -2.21. The van der Waals surface area contributed by atoms with E-state index in [0.717, 1.165) is 4.90 Å². The van der Waals surface area contributed by atoms with E-state index in [1.165, 1.54) is 10.9 Å². The Bertz CT molecular complexity index is 912. The van der Waals surface area contributed by atoms with Crippen molar-refractivity contribution < 1.29 is 23.1 Å². The fraction of sp³-hybridized carbons (Fsp3) is 0.600. The molecule has 1 saturated heterocycles. The Hall–Kier alpha value is -2.59. The molecule has 0 saturated carbocycles. The first-order chi connectivity index (χ1) is 11.9. The van der Waals surface area contributed by atoms with Crippen molar-refractivity contribution in [1.82, 2.24) is 19.7 Å². The number of rotatable bonds is 2. The SMILES string of the molecule is CC(C)(C)n1ncc2c(=O)[nH]c(N3C[C@@H](C(F)(F)F)[C@H](C(=O)O)C3)nc21. The summed E-state index contributed by atoms with van der Waals surface area (Å²) in [5.41, 5.74) is -0.801. The van der Waals surface area contributed by atoms with Gasteiger partial charge in [-0.05, 0) is 20.8 Å². The van der Waals surface area contributed by atoms with Crippen LogP contribution in [-0.4, -0.2) is 50.1 Å². The van der Waals surface area contributed by atoms with Gasteiger partial charge in [-0.3, -0.25) is 14.6 Å². The van der Waals surface area contributed by atoms with Crippen LogP contribution in [-0.2, 0) is 10.3 Å². The maximum atomic E-state index is 13.2. The van der Waals surface area contributed by atoms with E-state index in [-0.39, 0.29) is 17.0 Å². The first kappa shape index (κ1) is 18.2. The van der Waals surface area contributed by atoms with Crippen LogP contribution in [0.5, 0.6) is 0 Å². The summed E-state index contributed by atoms with van der Waals surface area (Å²) in [7, 11) is 0. The zero-order valence-corrected chi connectivity index (χ0v) is 14.3. The number of aliphatic carboxylic acids is 1. The molecule has 0 bridgehead atoms. The van der Waals surface area contributed by atoms with E-state index in [0.29, 0.717) is 0 Å². The molecule has 0 unspecified atom stereocenters. The van der Waals surface area contributed by atoms with Gasteiger partial charge in [0, 0.05) is 13.1 Å². The van der Waals surface area contributed by atoms with Crippen LogP contribution in [0.15, 0.2) is 11.0 Å². The zero-order chi connectivity index (χ0) is 19.4. The number of carbonyl (C=O) groups is 1. The lowest BCUT2D eigenvalue weighted by molar-refractivity contribution is -0.187. The second-order valence-electron chi connectivity index (χ2n) is 7.35. The highest BCUT2D eigenvalue weighted by molar-refractivity contribution is 5.75. The van der Waals surface area contributed by atoms with Crippen LogP contribution in [0.3, 0.4) is 0 Å². The van der Waals surface area contributed by atoms with Gasteiger partial charge in [-0.2, -0.15) is 23.3 Å². The van der Waals surface area contributed by atoms with Crippen LogP contribution in [0.2, 0.25) is 0 Å². The second kappa shape index (κ2) is 5.71. The van der Waals surface area contributed by atoms with Gasteiger partial charge in [0.05, 0.1) is 23.6 Å². The van der Waals surface area contributed by atoms with Gasteiger partial charge in [-0.1, -0.05) is 0 Å². The minimum absolute atomic E-state index is 0.0912. The number of aromatic amines is 1. The number of anilines is 1. The van der Waals surface area contributed by atoms with Crippen molar-refractivity contribution in [1.29, 1.82) is 0 Å². The molecular formula is C15H18F3N5O3. The largest absolute Gasteiger partial charge is 0.481 e. The highest BCUT2D eigenvalue weighted by atomic mass is 19.4. The fourth-order valence-electron chi connectivity index (χ4n) is 3.11. The number of carboxylic acid groups (broad SMARTS) is 1. The maximum Gasteiger partial charge on any atom is 0.394 e. The van der Waals surface area contributed by atoms with Crippen LogP contribution in [0.1, 0.15) is 20.8 Å². The quantitative estimate of drug-likeness (QED) is 0.828. The van der Waals surface area contributed by atoms with Crippen LogP contribution < -0.4 is 10.5 Å². The number of alkyl halides is 3. The molecule has 3 heterocycles. The van der Waals surface area contributed by atoms with Crippen molar-refractivity contribution in [3.63, 3.8) is 0 Å². The van der Waals surface area contributed by atoms with Gasteiger partial charge in [0.2, 0.25) is 5.95 Å². The molecule has 26 heavy (non-hydrogen) atoms. The molecule has 2 aromatic heterocycles. The highest BCUT2D eigenvalue weighted by Gasteiger charge is 2.53. The Kier molecular flexibility index (Phi) is 4.00. The molecule has 8 nitrogen and oxygen atoms in total. The molecule has 3 rings (SSSR count). The van der Waals surface area contributed by atoms with Gasteiger partial charge in [0.15, 0.2) is 5.65 Å². The van der Waals surface area contributed by atoms with Crippen molar-refractivity contribution >= 4 is 23.0 Å². The Morgan fingerprint density at radius 1 is 1.31 bits per heavy atom. The lowest BCUT2D eigenvalue weighted by atomic mass is 9.96. The minimum atomic E-state index is -4.66. The summed E-state index contributed by atoms with van der Waals surface area (Å²) in [6.45, 7) is 4.56. The van der Waals surface area contributed by atoms with Crippen LogP contribution in [0.4, 0.5) is 19.1 Å². The molecule has 1 fully saturated rings. The predicted molar refractivity (Wildman–Crippen MR) is 86.0 cm³/mol. The number of halogens is 3. The van der Waals surface area contributed by atoms with E-state index in [1.54, 1.807) is 0 Å². The number of hydrogen-bond donors (Lipinski definition) is 2. The van der Waals surface area contributed by atoms with Crippen LogP contribution >= 0.6 is 0 Å². The third-order valence-corrected chi connectivity index (χ3v) is 4.42. The summed E-state index contributed by atoms with van der Waals surface area (Å²) < 4.78 is 41.0. The topological polar surface area (TPSA) is 104 Å². The van der Waals surface area contributed by atoms with E-state index in [1.807, 2.05) is 20.8 Å². The maximum absolute atomic E-state index is 13.2. The molecule has 2 N–H and O–H groups in total. The number of nitrogens with zero attached hydrogens (tertiary/aromatic N) is 4.